The summed E-state index contributed by atoms with van der Waals surface area (Å²) in [6, 6.07) is 0. The summed E-state index contributed by atoms with van der Waals surface area (Å²) in [5.41, 5.74) is 0. The lowest BCUT2D eigenvalue weighted by Crippen LogP contribution is -2.51. The van der Waals surface area contributed by atoms with E-state index in [0.717, 1.165) is 37.0 Å². The van der Waals surface area contributed by atoms with Crippen LogP contribution in [0.3, 0.4) is 0 Å². The molecule has 4 bridgehead atoms. The second kappa shape index (κ2) is 2.73. The second-order valence-electron chi connectivity index (χ2n) is 5.32. The molecule has 0 aromatic heterocycles. The molecule has 0 spiro atoms. The number of hydrogen-bond donors (Lipinski definition) is 0. The van der Waals surface area contributed by atoms with Crippen molar-refractivity contribution in [2.45, 2.75) is 43.3 Å². The molecule has 13 heavy (non-hydrogen) atoms. The zero-order valence-corrected chi connectivity index (χ0v) is 9.24. The maximum Gasteiger partial charge on any atom is 0.121 e. The van der Waals surface area contributed by atoms with Gasteiger partial charge in [-0.2, -0.15) is 0 Å². The zero-order chi connectivity index (χ0) is 9.05. The molecular formula is C10H15ClOS. The molecule has 4 aliphatic carbocycles. The molecule has 0 amide bonds. The van der Waals surface area contributed by atoms with Crippen LogP contribution in [0.15, 0.2) is 0 Å². The van der Waals surface area contributed by atoms with Crippen molar-refractivity contribution in [3.05, 3.63) is 0 Å². The van der Waals surface area contributed by atoms with Crippen LogP contribution in [0, 0.1) is 17.8 Å². The first-order chi connectivity index (χ1) is 6.18. The number of hydrogen-bond acceptors (Lipinski definition) is 1. The van der Waals surface area contributed by atoms with Gasteiger partial charge in [0.25, 0.3) is 0 Å². The van der Waals surface area contributed by atoms with Gasteiger partial charge in [0.05, 0.1) is 4.75 Å². The standard InChI is InChI=1S/C10H15ClOS/c11-13(12)10-4-7-1-8(5-10)3-9(2-7)6-10/h7-9H,1-6H2/t7?,8?,9?,10?,13-/m1/s1. The molecule has 0 unspecified atom stereocenters. The van der Waals surface area contributed by atoms with E-state index in [1.54, 1.807) is 0 Å². The van der Waals surface area contributed by atoms with Crippen LogP contribution in [-0.4, -0.2) is 8.96 Å². The summed E-state index contributed by atoms with van der Waals surface area (Å²) in [6.07, 6.45) is 7.63. The summed E-state index contributed by atoms with van der Waals surface area (Å²) in [5, 5.41) is 0. The van der Waals surface area contributed by atoms with Gasteiger partial charge < -0.3 is 0 Å². The minimum absolute atomic E-state index is 0.0380. The summed E-state index contributed by atoms with van der Waals surface area (Å²) < 4.78 is 11.6. The van der Waals surface area contributed by atoms with Crippen molar-refractivity contribution in [3.8, 4) is 0 Å². The highest BCUT2D eigenvalue weighted by Gasteiger charge is 2.53. The van der Waals surface area contributed by atoms with E-state index in [9.17, 15) is 4.21 Å². The number of rotatable bonds is 1. The smallest absolute Gasteiger partial charge is 0.121 e. The fourth-order valence-corrected chi connectivity index (χ4v) is 5.89. The van der Waals surface area contributed by atoms with E-state index in [-0.39, 0.29) is 4.75 Å². The van der Waals surface area contributed by atoms with E-state index in [0.29, 0.717) is 0 Å². The van der Waals surface area contributed by atoms with E-state index < -0.39 is 10.0 Å². The minimum Gasteiger partial charge on any atom is -0.242 e. The van der Waals surface area contributed by atoms with E-state index in [2.05, 4.69) is 0 Å². The van der Waals surface area contributed by atoms with Crippen molar-refractivity contribution in [2.24, 2.45) is 17.8 Å². The summed E-state index contributed by atoms with van der Waals surface area (Å²) >= 11 is 0. The highest BCUT2D eigenvalue weighted by molar-refractivity contribution is 8.09. The molecular weight excluding hydrogens is 204 g/mol. The Bertz CT molecular complexity index is 228. The largest absolute Gasteiger partial charge is 0.242 e. The predicted octanol–water partition coefficient (Wildman–Crippen LogP) is 2.86. The Morgan fingerprint density at radius 1 is 1.00 bits per heavy atom. The van der Waals surface area contributed by atoms with Crippen molar-refractivity contribution < 1.29 is 4.21 Å². The fraction of sp³-hybridized carbons (Fsp3) is 1.00. The highest BCUT2D eigenvalue weighted by Crippen LogP contribution is 2.58. The van der Waals surface area contributed by atoms with Gasteiger partial charge in [-0.3, -0.25) is 0 Å². The summed E-state index contributed by atoms with van der Waals surface area (Å²) in [7, 11) is 4.77. The first-order valence-electron chi connectivity index (χ1n) is 5.26. The molecule has 3 heteroatoms. The van der Waals surface area contributed by atoms with Crippen molar-refractivity contribution in [1.29, 1.82) is 0 Å². The lowest BCUT2D eigenvalue weighted by molar-refractivity contribution is 0.0368. The van der Waals surface area contributed by atoms with Crippen LogP contribution >= 0.6 is 10.7 Å². The third-order valence-corrected chi connectivity index (χ3v) is 6.49. The third kappa shape index (κ3) is 1.21. The molecule has 0 heterocycles. The van der Waals surface area contributed by atoms with E-state index >= 15 is 0 Å². The topological polar surface area (TPSA) is 17.1 Å². The normalized spacial score (nSPS) is 55.3. The molecule has 1 nitrogen and oxygen atoms in total. The Morgan fingerprint density at radius 2 is 1.38 bits per heavy atom. The lowest BCUT2D eigenvalue weighted by atomic mass is 9.56. The van der Waals surface area contributed by atoms with Gasteiger partial charge in [0.2, 0.25) is 0 Å². The zero-order valence-electron chi connectivity index (χ0n) is 7.67. The summed E-state index contributed by atoms with van der Waals surface area (Å²) in [6.45, 7) is 0. The van der Waals surface area contributed by atoms with E-state index in [4.69, 9.17) is 10.7 Å². The Kier molecular flexibility index (Phi) is 1.83. The Balaban J connectivity index is 1.95. The van der Waals surface area contributed by atoms with Gasteiger partial charge in [-0.25, -0.2) is 4.21 Å². The predicted molar refractivity (Wildman–Crippen MR) is 54.9 cm³/mol. The van der Waals surface area contributed by atoms with Crippen molar-refractivity contribution in [1.82, 2.24) is 0 Å². The summed E-state index contributed by atoms with van der Waals surface area (Å²) in [5.74, 6) is 2.57. The average molecular weight is 219 g/mol. The molecule has 0 saturated heterocycles. The Hall–Kier alpha value is 0.440. The molecule has 4 fully saturated rings. The molecule has 74 valence electrons. The molecule has 4 aliphatic rings. The summed E-state index contributed by atoms with van der Waals surface area (Å²) in [4.78, 5) is 0. The number of halogens is 1. The molecule has 0 N–H and O–H groups in total. The average Bonchev–Trinajstić information content (AvgIpc) is 2.00. The Morgan fingerprint density at radius 3 is 1.69 bits per heavy atom. The molecule has 0 aliphatic heterocycles. The molecule has 1 atom stereocenters. The molecule has 0 aromatic carbocycles. The minimum atomic E-state index is -1.10. The van der Waals surface area contributed by atoms with Gasteiger partial charge in [0, 0.05) is 0 Å². The second-order valence-corrected chi connectivity index (χ2v) is 7.48. The maximum absolute atomic E-state index is 11.6. The van der Waals surface area contributed by atoms with Crippen LogP contribution < -0.4 is 0 Å². The quantitative estimate of drug-likeness (QED) is 0.619. The monoisotopic (exact) mass is 218 g/mol. The van der Waals surface area contributed by atoms with Crippen LogP contribution in [-0.2, 0) is 10.0 Å². The van der Waals surface area contributed by atoms with E-state index in [1.165, 1.54) is 19.3 Å². The van der Waals surface area contributed by atoms with Gasteiger partial charge in [-0.1, -0.05) is 0 Å². The molecule has 0 radical (unpaired) electrons. The SMILES string of the molecule is O=[S@@](Cl)C12CC3CC(CC(C3)C1)C2. The maximum atomic E-state index is 11.6. The van der Waals surface area contributed by atoms with Crippen molar-refractivity contribution in [3.63, 3.8) is 0 Å². The first kappa shape index (κ1) is 8.72. The van der Waals surface area contributed by atoms with Gasteiger partial charge in [-0.15, -0.1) is 0 Å². The van der Waals surface area contributed by atoms with Crippen LogP contribution in [0.1, 0.15) is 38.5 Å². The fourth-order valence-electron chi connectivity index (χ4n) is 4.23. The van der Waals surface area contributed by atoms with Crippen molar-refractivity contribution >= 4 is 20.7 Å². The van der Waals surface area contributed by atoms with Crippen molar-refractivity contribution in [2.75, 3.05) is 0 Å². The molecule has 4 rings (SSSR count). The van der Waals surface area contributed by atoms with E-state index in [1.807, 2.05) is 0 Å². The molecule has 0 aromatic rings. The Labute approximate surface area is 86.2 Å². The van der Waals surface area contributed by atoms with Crippen LogP contribution in [0.5, 0.6) is 0 Å². The molecule has 4 saturated carbocycles. The van der Waals surface area contributed by atoms with Gasteiger partial charge in [-0.05, 0) is 67.0 Å². The van der Waals surface area contributed by atoms with Crippen LogP contribution in [0.2, 0.25) is 0 Å². The van der Waals surface area contributed by atoms with Gasteiger partial charge in [0.15, 0.2) is 0 Å². The lowest BCUT2D eigenvalue weighted by Gasteiger charge is -2.55. The first-order valence-corrected chi connectivity index (χ1v) is 7.24. The third-order valence-electron chi connectivity index (χ3n) is 4.32. The van der Waals surface area contributed by atoms with Gasteiger partial charge in [0.1, 0.15) is 10.0 Å². The van der Waals surface area contributed by atoms with Gasteiger partial charge >= 0.3 is 0 Å². The highest BCUT2D eigenvalue weighted by atomic mass is 35.7. The van der Waals surface area contributed by atoms with Crippen LogP contribution in [0.4, 0.5) is 0 Å². The van der Waals surface area contributed by atoms with Crippen LogP contribution in [0.25, 0.3) is 0 Å².